The van der Waals surface area contributed by atoms with Crippen molar-refractivity contribution in [3.63, 3.8) is 0 Å². The van der Waals surface area contributed by atoms with Crippen LogP contribution in [0.25, 0.3) is 5.57 Å². The molecule has 31 heavy (non-hydrogen) atoms. The molecule has 1 aliphatic rings. The van der Waals surface area contributed by atoms with Crippen LogP contribution in [0.15, 0.2) is 30.3 Å². The summed E-state index contributed by atoms with van der Waals surface area (Å²) in [6.07, 6.45) is 1.74. The number of para-hydroxylation sites is 1. The van der Waals surface area contributed by atoms with Gasteiger partial charge in [-0.3, -0.25) is 4.90 Å². The van der Waals surface area contributed by atoms with Gasteiger partial charge in [0.15, 0.2) is 8.32 Å². The zero-order chi connectivity index (χ0) is 23.6. The number of rotatable bonds is 4. The Balaban J connectivity index is 2.48. The molecule has 2 atom stereocenters. The van der Waals surface area contributed by atoms with Gasteiger partial charge in [-0.25, -0.2) is 4.79 Å². The van der Waals surface area contributed by atoms with Crippen molar-refractivity contribution in [2.75, 3.05) is 18.6 Å². The third-order valence-corrected chi connectivity index (χ3v) is 11.5. The minimum atomic E-state index is -1.85. The molecule has 0 aliphatic carbocycles. The van der Waals surface area contributed by atoms with Crippen LogP contribution in [-0.4, -0.2) is 42.2 Å². The highest BCUT2D eigenvalue weighted by atomic mass is 28.4. The summed E-state index contributed by atoms with van der Waals surface area (Å²) in [5, 5.41) is 0.165. The lowest BCUT2D eigenvalue weighted by Crippen LogP contribution is -2.43. The molecule has 0 radical (unpaired) electrons. The van der Waals surface area contributed by atoms with Gasteiger partial charge < -0.3 is 9.16 Å². The highest BCUT2D eigenvalue weighted by Gasteiger charge is 2.38. The lowest BCUT2D eigenvalue weighted by Gasteiger charge is -2.38. The number of nitrogens with zero attached hydrogens (tertiary/aromatic N) is 1. The van der Waals surface area contributed by atoms with Gasteiger partial charge in [0.05, 0.1) is 12.8 Å². The summed E-state index contributed by atoms with van der Waals surface area (Å²) in [5.41, 5.74) is 6.52. The Kier molecular flexibility index (Phi) is 7.68. The van der Waals surface area contributed by atoms with Crippen molar-refractivity contribution in [2.24, 2.45) is 5.92 Å². The molecule has 1 amide bonds. The van der Waals surface area contributed by atoms with Crippen LogP contribution in [0.4, 0.5) is 10.5 Å². The smallest absolute Gasteiger partial charge is 0.415 e. The van der Waals surface area contributed by atoms with Gasteiger partial charge in [0.2, 0.25) is 0 Å². The zero-order valence-electron chi connectivity index (χ0n) is 20.9. The molecule has 170 valence electrons. The first-order valence-corrected chi connectivity index (χ1v) is 17.4. The van der Waals surface area contributed by atoms with Crippen LogP contribution < -0.4 is 4.90 Å². The summed E-state index contributed by atoms with van der Waals surface area (Å²) >= 11 is 0. The van der Waals surface area contributed by atoms with Crippen molar-refractivity contribution in [1.29, 1.82) is 0 Å². The summed E-state index contributed by atoms with van der Waals surface area (Å²) in [6.45, 7) is 20.8. The number of hydrogen-bond donors (Lipinski definition) is 0. The molecule has 0 saturated heterocycles. The average molecular weight is 458 g/mol. The lowest BCUT2D eigenvalue weighted by molar-refractivity contribution is 0.178. The maximum Gasteiger partial charge on any atom is 0.415 e. The molecule has 1 aromatic carbocycles. The Bertz CT molecular complexity index is 898. The van der Waals surface area contributed by atoms with E-state index in [-0.39, 0.29) is 23.1 Å². The molecule has 0 saturated carbocycles. The predicted octanol–water partition coefficient (Wildman–Crippen LogP) is 6.56. The topological polar surface area (TPSA) is 38.8 Å². The number of carbonyl (C=O) groups is 1. The second-order valence-electron chi connectivity index (χ2n) is 10.9. The second-order valence-corrected chi connectivity index (χ2v) is 20.5. The molecule has 0 bridgehead atoms. The fraction of sp³-hybridized carbons (Fsp3) is 0.560. The van der Waals surface area contributed by atoms with E-state index in [1.807, 2.05) is 18.2 Å². The van der Waals surface area contributed by atoms with Crippen molar-refractivity contribution in [2.45, 2.75) is 71.5 Å². The highest BCUT2D eigenvalue weighted by Crippen LogP contribution is 2.40. The number of anilines is 1. The number of methoxy groups -OCH3 is 1. The number of benzene rings is 1. The molecule has 4 nitrogen and oxygen atoms in total. The Morgan fingerprint density at radius 1 is 1.16 bits per heavy atom. The van der Waals surface area contributed by atoms with E-state index in [1.54, 1.807) is 4.90 Å². The maximum absolute atomic E-state index is 12.7. The van der Waals surface area contributed by atoms with Crippen LogP contribution in [0.3, 0.4) is 0 Å². The van der Waals surface area contributed by atoms with Gasteiger partial charge in [0.1, 0.15) is 14.1 Å². The first kappa shape index (κ1) is 25.4. The minimum Gasteiger partial charge on any atom is -0.452 e. The van der Waals surface area contributed by atoms with Crippen molar-refractivity contribution >= 4 is 33.7 Å². The summed E-state index contributed by atoms with van der Waals surface area (Å²) in [5.74, 6) is 3.56. The normalized spacial score (nSPS) is 17.8. The molecular formula is C25H39NO3Si2. The Hall–Kier alpha value is -1.82. The Morgan fingerprint density at radius 2 is 1.77 bits per heavy atom. The van der Waals surface area contributed by atoms with Crippen molar-refractivity contribution in [1.82, 2.24) is 0 Å². The average Bonchev–Trinajstić information content (AvgIpc) is 2.67. The number of fused-ring (bicyclic) bond motifs is 1. The van der Waals surface area contributed by atoms with E-state index in [0.717, 1.165) is 11.3 Å². The van der Waals surface area contributed by atoms with Gasteiger partial charge in [-0.05, 0) is 35.8 Å². The number of ether oxygens (including phenoxy) is 1. The third kappa shape index (κ3) is 6.12. The standard InChI is InChI=1S/C25H39NO3Si2/c1-19(18-29-31(9,10)25(2,3)4)22-17-20(15-16-30(6,7)8)26(24(27)28-5)23-14-12-11-13-21(22)23/h11-14,17,19-20H,18H2,1-10H3/t19-,20+/m1/s1. The van der Waals surface area contributed by atoms with E-state index in [4.69, 9.17) is 9.16 Å². The summed E-state index contributed by atoms with van der Waals surface area (Å²) < 4.78 is 11.6. The molecule has 6 heteroatoms. The fourth-order valence-electron chi connectivity index (χ4n) is 3.19. The molecule has 2 rings (SSSR count). The van der Waals surface area contributed by atoms with E-state index in [1.165, 1.54) is 12.7 Å². The van der Waals surface area contributed by atoms with Crippen molar-refractivity contribution in [3.8, 4) is 11.5 Å². The third-order valence-electron chi connectivity index (χ3n) is 6.09. The SMILES string of the molecule is COC(=O)N1c2ccccc2C([C@H](C)CO[Si](C)(C)C(C)(C)C)=C[C@@H]1C#C[Si](C)(C)C. The van der Waals surface area contributed by atoms with Gasteiger partial charge >= 0.3 is 6.09 Å². The van der Waals surface area contributed by atoms with Crippen molar-refractivity contribution < 1.29 is 14.0 Å². The molecule has 1 heterocycles. The van der Waals surface area contributed by atoms with E-state index in [0.29, 0.717) is 6.61 Å². The molecular weight excluding hydrogens is 418 g/mol. The quantitative estimate of drug-likeness (QED) is 0.379. The fourth-order valence-corrected chi connectivity index (χ4v) is 4.87. The molecule has 1 aromatic rings. The van der Waals surface area contributed by atoms with Gasteiger partial charge in [-0.1, -0.05) is 71.5 Å². The van der Waals surface area contributed by atoms with E-state index in [2.05, 4.69) is 84.0 Å². The highest BCUT2D eigenvalue weighted by molar-refractivity contribution is 6.83. The maximum atomic E-state index is 12.7. The van der Waals surface area contributed by atoms with Gasteiger partial charge in [-0.2, -0.15) is 0 Å². The molecule has 1 aliphatic heterocycles. The monoisotopic (exact) mass is 457 g/mol. The van der Waals surface area contributed by atoms with Gasteiger partial charge in [0.25, 0.3) is 0 Å². The Labute approximate surface area is 191 Å². The van der Waals surface area contributed by atoms with Crippen LogP contribution in [0.5, 0.6) is 0 Å². The molecule has 0 aromatic heterocycles. The zero-order valence-corrected chi connectivity index (χ0v) is 22.9. The summed E-state index contributed by atoms with van der Waals surface area (Å²) in [7, 11) is -2.04. The number of carbonyl (C=O) groups excluding carboxylic acids is 1. The van der Waals surface area contributed by atoms with Crippen LogP contribution in [0.2, 0.25) is 37.8 Å². The molecule has 0 unspecified atom stereocenters. The largest absolute Gasteiger partial charge is 0.452 e. The van der Waals surface area contributed by atoms with E-state index < -0.39 is 16.4 Å². The first-order valence-electron chi connectivity index (χ1n) is 11.0. The Morgan fingerprint density at radius 3 is 2.32 bits per heavy atom. The number of hydrogen-bond acceptors (Lipinski definition) is 3. The van der Waals surface area contributed by atoms with Crippen LogP contribution in [-0.2, 0) is 9.16 Å². The first-order chi connectivity index (χ1) is 14.2. The second kappa shape index (κ2) is 9.35. The van der Waals surface area contributed by atoms with Crippen LogP contribution in [0.1, 0.15) is 33.3 Å². The van der Waals surface area contributed by atoms with Crippen molar-refractivity contribution in [3.05, 3.63) is 35.9 Å². The van der Waals surface area contributed by atoms with Crippen LogP contribution in [0, 0.1) is 17.4 Å². The predicted molar refractivity (Wildman–Crippen MR) is 137 cm³/mol. The minimum absolute atomic E-state index is 0.165. The molecule has 0 fully saturated rings. The molecule has 0 spiro atoms. The summed E-state index contributed by atoms with van der Waals surface area (Å²) in [6, 6.07) is 7.67. The summed E-state index contributed by atoms with van der Waals surface area (Å²) in [4.78, 5) is 14.4. The lowest BCUT2D eigenvalue weighted by atomic mass is 9.88. The van der Waals surface area contributed by atoms with E-state index >= 15 is 0 Å². The van der Waals surface area contributed by atoms with Gasteiger partial charge in [0, 0.05) is 18.1 Å². The van der Waals surface area contributed by atoms with E-state index in [9.17, 15) is 4.79 Å². The molecule has 0 N–H and O–H groups in total. The van der Waals surface area contributed by atoms with Crippen LogP contribution >= 0.6 is 0 Å². The number of amides is 1. The van der Waals surface area contributed by atoms with Gasteiger partial charge in [-0.15, -0.1) is 5.54 Å².